The van der Waals surface area contributed by atoms with Gasteiger partial charge in [-0.3, -0.25) is 9.59 Å². The molecule has 0 atom stereocenters. The van der Waals surface area contributed by atoms with E-state index in [0.717, 1.165) is 55.9 Å². The highest BCUT2D eigenvalue weighted by atomic mass is 32.1. The third-order valence-electron chi connectivity index (χ3n) is 7.06. The molecule has 1 fully saturated rings. The molecule has 3 heterocycles. The first kappa shape index (κ1) is 30.0. The number of nitrogens with one attached hydrogen (secondary N) is 1. The van der Waals surface area contributed by atoms with Crippen molar-refractivity contribution < 1.29 is 13.9 Å². The first-order chi connectivity index (χ1) is 19.7. The van der Waals surface area contributed by atoms with Crippen molar-refractivity contribution in [3.63, 3.8) is 0 Å². The molecule has 2 aromatic carbocycles. The van der Waals surface area contributed by atoms with Crippen molar-refractivity contribution in [3.8, 4) is 16.9 Å². The number of primary amides is 1. The van der Waals surface area contributed by atoms with Gasteiger partial charge >= 0.3 is 0 Å². The SMILES string of the molecule is CC(=N)c1ccccc1C(N)=O.CCCOc1cc(-c2csc3c(=O)cc(N4CCN(C)CC4)oc23)ccc1CC. The van der Waals surface area contributed by atoms with E-state index >= 15 is 0 Å². The van der Waals surface area contributed by atoms with Crippen molar-refractivity contribution in [1.82, 2.24) is 4.90 Å². The number of anilines is 1. The van der Waals surface area contributed by atoms with Gasteiger partial charge in [0.25, 0.3) is 0 Å². The van der Waals surface area contributed by atoms with Crippen LogP contribution in [0.2, 0.25) is 0 Å². The molecular formula is C32H38N4O4S. The van der Waals surface area contributed by atoms with Gasteiger partial charge < -0.3 is 30.1 Å². The van der Waals surface area contributed by atoms with E-state index in [4.69, 9.17) is 20.3 Å². The fourth-order valence-corrected chi connectivity index (χ4v) is 5.61. The number of fused-ring (bicyclic) bond motifs is 1. The monoisotopic (exact) mass is 574 g/mol. The van der Waals surface area contributed by atoms with Crippen LogP contribution in [0.5, 0.6) is 5.75 Å². The number of ether oxygens (including phenoxy) is 1. The van der Waals surface area contributed by atoms with E-state index < -0.39 is 5.91 Å². The molecule has 0 unspecified atom stereocenters. The maximum absolute atomic E-state index is 12.7. The minimum Gasteiger partial charge on any atom is -0.493 e. The van der Waals surface area contributed by atoms with Crippen molar-refractivity contribution in [1.29, 1.82) is 5.41 Å². The van der Waals surface area contributed by atoms with Gasteiger partial charge in [-0.25, -0.2) is 0 Å². The zero-order valence-electron chi connectivity index (χ0n) is 24.2. The number of benzene rings is 2. The number of hydrogen-bond donors (Lipinski definition) is 2. The molecule has 4 aromatic rings. The normalized spacial score (nSPS) is 13.5. The summed E-state index contributed by atoms with van der Waals surface area (Å²) in [5, 5.41) is 9.38. The molecule has 0 saturated carbocycles. The molecule has 3 N–H and O–H groups in total. The summed E-state index contributed by atoms with van der Waals surface area (Å²) in [5.74, 6) is 1.10. The number of carbonyl (C=O) groups is 1. The van der Waals surface area contributed by atoms with Crippen molar-refractivity contribution in [2.24, 2.45) is 5.73 Å². The second-order valence-corrected chi connectivity index (χ2v) is 11.0. The highest BCUT2D eigenvalue weighted by Crippen LogP contribution is 2.37. The number of hydrogen-bond acceptors (Lipinski definition) is 8. The van der Waals surface area contributed by atoms with Crippen LogP contribution in [-0.4, -0.2) is 56.4 Å². The molecule has 1 aliphatic heterocycles. The quantitative estimate of drug-likeness (QED) is 0.257. The largest absolute Gasteiger partial charge is 0.493 e. The summed E-state index contributed by atoms with van der Waals surface area (Å²) < 4.78 is 13.0. The maximum Gasteiger partial charge on any atom is 0.249 e. The topological polar surface area (TPSA) is 113 Å². The zero-order valence-corrected chi connectivity index (χ0v) is 25.0. The molecule has 0 radical (unpaired) electrons. The second-order valence-electron chi connectivity index (χ2n) is 10.1. The summed E-state index contributed by atoms with van der Waals surface area (Å²) in [7, 11) is 2.12. The molecule has 9 heteroatoms. The smallest absolute Gasteiger partial charge is 0.249 e. The Bertz CT molecular complexity index is 1550. The fraction of sp³-hybridized carbons (Fsp3) is 0.344. The van der Waals surface area contributed by atoms with Crippen molar-refractivity contribution >= 4 is 39.1 Å². The van der Waals surface area contributed by atoms with Crippen molar-refractivity contribution in [2.45, 2.75) is 33.6 Å². The fourth-order valence-electron chi connectivity index (χ4n) is 4.70. The standard InChI is InChI=1S/C23H28N2O3S.C9H10N2O/c1-4-12-27-20-13-17(7-6-16(20)5-2)18-15-29-23-19(26)14-21(28-22(18)23)25-10-8-24(3)9-11-25;1-6(10)7-4-2-3-5-8(7)9(11)12/h6-7,13-15H,4-5,8-12H2,1-3H3;2-5,10H,1H3,(H2,11,12). The lowest BCUT2D eigenvalue weighted by Gasteiger charge is -2.32. The average Bonchev–Trinajstić information content (AvgIpc) is 3.41. The highest BCUT2D eigenvalue weighted by molar-refractivity contribution is 7.17. The van der Waals surface area contributed by atoms with Crippen molar-refractivity contribution in [2.75, 3.05) is 44.7 Å². The number of carbonyl (C=O) groups excluding carboxylic acids is 1. The van der Waals surface area contributed by atoms with E-state index in [-0.39, 0.29) is 5.43 Å². The first-order valence-corrected chi connectivity index (χ1v) is 14.8. The van der Waals surface area contributed by atoms with Gasteiger partial charge in [0.1, 0.15) is 10.4 Å². The van der Waals surface area contributed by atoms with Gasteiger partial charge in [0, 0.05) is 60.0 Å². The molecule has 8 nitrogen and oxygen atoms in total. The van der Waals surface area contributed by atoms with Crippen molar-refractivity contribution in [3.05, 3.63) is 80.8 Å². The molecule has 41 heavy (non-hydrogen) atoms. The van der Waals surface area contributed by atoms with Gasteiger partial charge in [-0.05, 0) is 50.1 Å². The predicted octanol–water partition coefficient (Wildman–Crippen LogP) is 5.80. The van der Waals surface area contributed by atoms with E-state index in [1.807, 2.05) is 5.38 Å². The van der Waals surface area contributed by atoms with Gasteiger partial charge in [-0.1, -0.05) is 44.2 Å². The lowest BCUT2D eigenvalue weighted by Crippen LogP contribution is -2.44. The minimum absolute atomic E-state index is 0.0315. The summed E-state index contributed by atoms with van der Waals surface area (Å²) in [4.78, 5) is 28.1. The Labute approximate surface area is 244 Å². The van der Waals surface area contributed by atoms with Crippen LogP contribution in [0.25, 0.3) is 21.4 Å². The third-order valence-corrected chi connectivity index (χ3v) is 8.04. The van der Waals surface area contributed by atoms with Crippen LogP contribution >= 0.6 is 11.3 Å². The second kappa shape index (κ2) is 13.6. The number of thiophene rings is 1. The van der Waals surface area contributed by atoms with Gasteiger partial charge in [0.2, 0.25) is 11.3 Å². The van der Waals surface area contributed by atoms with E-state index in [1.54, 1.807) is 37.3 Å². The summed E-state index contributed by atoms with van der Waals surface area (Å²) in [5.41, 5.74) is 10.4. The van der Waals surface area contributed by atoms with Crippen LogP contribution in [0.1, 0.15) is 48.7 Å². The number of aryl methyl sites for hydroxylation is 1. The number of likely N-dealkylation sites (N-methyl/N-ethyl adjacent to an activating group) is 1. The average molecular weight is 575 g/mol. The Balaban J connectivity index is 0.000000271. The summed E-state index contributed by atoms with van der Waals surface area (Å²) >= 11 is 1.45. The van der Waals surface area contributed by atoms with E-state index in [0.29, 0.717) is 39.6 Å². The Morgan fingerprint density at radius 2 is 1.78 bits per heavy atom. The summed E-state index contributed by atoms with van der Waals surface area (Å²) in [6.45, 7) is 10.2. The Morgan fingerprint density at radius 3 is 2.39 bits per heavy atom. The van der Waals surface area contributed by atoms with Gasteiger partial charge in [0.15, 0.2) is 11.5 Å². The lowest BCUT2D eigenvalue weighted by atomic mass is 10.0. The molecule has 1 saturated heterocycles. The molecule has 1 aliphatic rings. The Hall–Kier alpha value is -3.95. The van der Waals surface area contributed by atoms with Crippen LogP contribution in [0.15, 0.2) is 63.1 Å². The summed E-state index contributed by atoms with van der Waals surface area (Å²) in [6, 6.07) is 14.8. The van der Waals surface area contributed by atoms with Gasteiger partial charge in [-0.15, -0.1) is 11.3 Å². The van der Waals surface area contributed by atoms with Crippen LogP contribution in [0.4, 0.5) is 5.88 Å². The maximum atomic E-state index is 12.7. The Kier molecular flexibility index (Phi) is 9.96. The van der Waals surface area contributed by atoms with Gasteiger partial charge in [-0.2, -0.15) is 0 Å². The van der Waals surface area contributed by atoms with E-state index in [9.17, 15) is 9.59 Å². The van der Waals surface area contributed by atoms with Crippen LogP contribution < -0.4 is 20.8 Å². The van der Waals surface area contributed by atoms with Crippen LogP contribution in [0, 0.1) is 5.41 Å². The molecule has 0 spiro atoms. The first-order valence-electron chi connectivity index (χ1n) is 13.9. The predicted molar refractivity (Wildman–Crippen MR) is 168 cm³/mol. The molecule has 0 bridgehead atoms. The number of piperazine rings is 1. The summed E-state index contributed by atoms with van der Waals surface area (Å²) in [6.07, 6.45) is 1.89. The molecule has 5 rings (SSSR count). The molecule has 216 valence electrons. The number of nitrogens with zero attached hydrogens (tertiary/aromatic N) is 2. The number of nitrogens with two attached hydrogens (primary N) is 1. The minimum atomic E-state index is -0.489. The highest BCUT2D eigenvalue weighted by Gasteiger charge is 2.20. The molecular weight excluding hydrogens is 536 g/mol. The number of rotatable bonds is 8. The molecule has 2 aromatic heterocycles. The molecule has 1 amide bonds. The third kappa shape index (κ3) is 7.04. The zero-order chi connectivity index (χ0) is 29.5. The van der Waals surface area contributed by atoms with E-state index in [1.165, 1.54) is 16.9 Å². The number of amides is 1. The molecule has 0 aliphatic carbocycles. The Morgan fingerprint density at radius 1 is 1.07 bits per heavy atom. The lowest BCUT2D eigenvalue weighted by molar-refractivity contribution is 0.1000. The van der Waals surface area contributed by atoms with Crippen LogP contribution in [0.3, 0.4) is 0 Å². The van der Waals surface area contributed by atoms with Crippen LogP contribution in [-0.2, 0) is 6.42 Å². The van der Waals surface area contributed by atoms with Gasteiger partial charge in [0.05, 0.1) is 6.61 Å². The van der Waals surface area contributed by atoms with E-state index in [2.05, 4.69) is 48.9 Å².